The first kappa shape index (κ1) is 19.8. The van der Waals surface area contributed by atoms with Gasteiger partial charge in [-0.2, -0.15) is 0 Å². The molecule has 0 aliphatic rings. The normalized spacial score (nSPS) is 10.8. The third-order valence-electron chi connectivity index (χ3n) is 3.94. The Balaban J connectivity index is 1.63. The molecule has 1 heterocycles. The number of hydrogen-bond acceptors (Lipinski definition) is 6. The van der Waals surface area contributed by atoms with E-state index in [-0.39, 0.29) is 23.8 Å². The van der Waals surface area contributed by atoms with E-state index in [2.05, 4.69) is 0 Å². The van der Waals surface area contributed by atoms with Crippen molar-refractivity contribution < 1.29 is 28.0 Å². The van der Waals surface area contributed by atoms with E-state index >= 15 is 0 Å². The smallest absolute Gasteiger partial charge is 0.311 e. The molecule has 0 unspecified atom stereocenters. The van der Waals surface area contributed by atoms with Crippen molar-refractivity contribution >= 4 is 17.5 Å². The quantitative estimate of drug-likeness (QED) is 0.234. The summed E-state index contributed by atoms with van der Waals surface area (Å²) in [5, 5.41) is 11.0. The minimum absolute atomic E-state index is 0.134. The van der Waals surface area contributed by atoms with Crippen molar-refractivity contribution in [3.8, 4) is 11.5 Å². The summed E-state index contributed by atoms with van der Waals surface area (Å²) in [7, 11) is 1.54. The number of hydrogen-bond donors (Lipinski definition) is 0. The first-order valence-corrected chi connectivity index (χ1v) is 8.48. The van der Waals surface area contributed by atoms with Crippen LogP contribution in [0.2, 0.25) is 0 Å². The molecule has 8 heteroatoms. The van der Waals surface area contributed by atoms with Crippen LogP contribution in [-0.2, 0) is 6.61 Å². The SMILES string of the molecule is COc1ccc(C(=O)/C=C/c2ccc(COc3cc(F)ccc3[N+](=O)[O-])o2)cc1. The topological polar surface area (TPSA) is 91.8 Å². The fourth-order valence-corrected chi connectivity index (χ4v) is 2.47. The van der Waals surface area contributed by atoms with Crippen LogP contribution >= 0.6 is 0 Å². The number of ether oxygens (including phenoxy) is 2. The molecule has 0 saturated heterocycles. The second-order valence-corrected chi connectivity index (χ2v) is 5.89. The Morgan fingerprint density at radius 2 is 1.93 bits per heavy atom. The van der Waals surface area contributed by atoms with Gasteiger partial charge in [-0.15, -0.1) is 0 Å². The van der Waals surface area contributed by atoms with Gasteiger partial charge in [-0.25, -0.2) is 4.39 Å². The number of carbonyl (C=O) groups excluding carboxylic acids is 1. The number of ketones is 1. The van der Waals surface area contributed by atoms with Crippen LogP contribution in [-0.4, -0.2) is 17.8 Å². The molecule has 0 bridgehead atoms. The van der Waals surface area contributed by atoms with E-state index in [0.29, 0.717) is 22.8 Å². The van der Waals surface area contributed by atoms with E-state index in [9.17, 15) is 19.3 Å². The van der Waals surface area contributed by atoms with Gasteiger partial charge in [0.2, 0.25) is 0 Å². The number of furan rings is 1. The van der Waals surface area contributed by atoms with Gasteiger partial charge < -0.3 is 13.9 Å². The van der Waals surface area contributed by atoms with Gasteiger partial charge in [0.15, 0.2) is 11.5 Å². The fraction of sp³-hybridized carbons (Fsp3) is 0.0952. The van der Waals surface area contributed by atoms with Crippen molar-refractivity contribution in [2.75, 3.05) is 7.11 Å². The molecular weight excluding hydrogens is 381 g/mol. The molecule has 3 rings (SSSR count). The summed E-state index contributed by atoms with van der Waals surface area (Å²) in [6, 6.07) is 12.9. The highest BCUT2D eigenvalue weighted by atomic mass is 19.1. The number of halogens is 1. The number of rotatable bonds is 8. The zero-order valence-electron chi connectivity index (χ0n) is 15.3. The van der Waals surface area contributed by atoms with E-state index in [1.807, 2.05) is 0 Å². The van der Waals surface area contributed by atoms with Gasteiger partial charge in [-0.1, -0.05) is 0 Å². The van der Waals surface area contributed by atoms with Crippen LogP contribution in [0.25, 0.3) is 6.08 Å². The number of nitrogens with zero attached hydrogens (tertiary/aromatic N) is 1. The summed E-state index contributed by atoms with van der Waals surface area (Å²) >= 11 is 0. The predicted molar refractivity (Wildman–Crippen MR) is 102 cm³/mol. The van der Waals surface area contributed by atoms with Crippen molar-refractivity contribution in [3.63, 3.8) is 0 Å². The average molecular weight is 397 g/mol. The molecule has 0 aliphatic heterocycles. The summed E-state index contributed by atoms with van der Waals surface area (Å²) in [4.78, 5) is 22.5. The summed E-state index contributed by atoms with van der Waals surface area (Å²) in [5.74, 6) is 0.361. The van der Waals surface area contributed by atoms with E-state index < -0.39 is 10.7 Å². The Morgan fingerprint density at radius 3 is 2.62 bits per heavy atom. The van der Waals surface area contributed by atoms with Crippen molar-refractivity contribution in [3.05, 3.63) is 93.7 Å². The molecule has 148 valence electrons. The number of methoxy groups -OCH3 is 1. The van der Waals surface area contributed by atoms with Gasteiger partial charge in [-0.3, -0.25) is 14.9 Å². The molecule has 0 radical (unpaired) electrons. The molecule has 0 fully saturated rings. The van der Waals surface area contributed by atoms with Crippen molar-refractivity contribution in [2.45, 2.75) is 6.61 Å². The van der Waals surface area contributed by atoms with Crippen LogP contribution in [0.3, 0.4) is 0 Å². The standard InChI is InChI=1S/C21H16FNO6/c1-27-16-5-2-14(3-6-16)20(24)11-9-17-7-8-18(29-17)13-28-21-12-15(22)4-10-19(21)23(25)26/h2-12H,13H2,1H3/b11-9+. The Bertz CT molecular complexity index is 1060. The molecule has 7 nitrogen and oxygen atoms in total. The van der Waals surface area contributed by atoms with Gasteiger partial charge >= 0.3 is 5.69 Å². The van der Waals surface area contributed by atoms with Crippen molar-refractivity contribution in [2.24, 2.45) is 0 Å². The van der Waals surface area contributed by atoms with E-state index in [1.54, 1.807) is 43.5 Å². The molecule has 0 spiro atoms. The Kier molecular flexibility index (Phi) is 6.03. The van der Waals surface area contributed by atoms with Crippen molar-refractivity contribution in [1.82, 2.24) is 0 Å². The van der Waals surface area contributed by atoms with Crippen LogP contribution in [0.1, 0.15) is 21.9 Å². The van der Waals surface area contributed by atoms with Gasteiger partial charge in [0, 0.05) is 17.7 Å². The summed E-state index contributed by atoms with van der Waals surface area (Å²) in [6.45, 7) is -0.134. The van der Waals surface area contributed by atoms with Crippen LogP contribution in [0, 0.1) is 15.9 Å². The first-order chi connectivity index (χ1) is 14.0. The highest BCUT2D eigenvalue weighted by Crippen LogP contribution is 2.28. The lowest BCUT2D eigenvalue weighted by molar-refractivity contribution is -0.386. The van der Waals surface area contributed by atoms with Gasteiger partial charge in [-0.05, 0) is 54.6 Å². The fourth-order valence-electron chi connectivity index (χ4n) is 2.47. The van der Waals surface area contributed by atoms with Crippen LogP contribution < -0.4 is 9.47 Å². The highest BCUT2D eigenvalue weighted by Gasteiger charge is 2.16. The third-order valence-corrected chi connectivity index (χ3v) is 3.94. The molecule has 0 N–H and O–H groups in total. The second-order valence-electron chi connectivity index (χ2n) is 5.89. The molecule has 1 aromatic heterocycles. The predicted octanol–water partition coefficient (Wildman–Crippen LogP) is 4.81. The summed E-state index contributed by atoms with van der Waals surface area (Å²) in [6.07, 6.45) is 2.86. The second kappa shape index (κ2) is 8.83. The highest BCUT2D eigenvalue weighted by molar-refractivity contribution is 6.06. The van der Waals surface area contributed by atoms with Crippen molar-refractivity contribution in [1.29, 1.82) is 0 Å². The minimum Gasteiger partial charge on any atom is -0.497 e. The molecule has 0 atom stereocenters. The van der Waals surface area contributed by atoms with Gasteiger partial charge in [0.25, 0.3) is 0 Å². The number of benzene rings is 2. The van der Waals surface area contributed by atoms with E-state index in [4.69, 9.17) is 13.9 Å². The lowest BCUT2D eigenvalue weighted by Gasteiger charge is -2.05. The summed E-state index contributed by atoms with van der Waals surface area (Å²) < 4.78 is 29.2. The van der Waals surface area contributed by atoms with Gasteiger partial charge in [0.05, 0.1) is 12.0 Å². The number of allylic oxidation sites excluding steroid dienone is 1. The molecule has 2 aromatic carbocycles. The number of nitro groups is 1. The van der Waals surface area contributed by atoms with Gasteiger partial charge in [0.1, 0.15) is 29.7 Å². The zero-order chi connectivity index (χ0) is 20.8. The first-order valence-electron chi connectivity index (χ1n) is 8.48. The maximum absolute atomic E-state index is 13.3. The summed E-state index contributed by atoms with van der Waals surface area (Å²) in [5.41, 5.74) is 0.152. The monoisotopic (exact) mass is 397 g/mol. The molecule has 3 aromatic rings. The molecule has 0 aliphatic carbocycles. The minimum atomic E-state index is -0.657. The Morgan fingerprint density at radius 1 is 1.17 bits per heavy atom. The lowest BCUT2D eigenvalue weighted by atomic mass is 10.1. The van der Waals surface area contributed by atoms with Crippen LogP contribution in [0.4, 0.5) is 10.1 Å². The van der Waals surface area contributed by atoms with Crippen LogP contribution in [0.5, 0.6) is 11.5 Å². The van der Waals surface area contributed by atoms with E-state index in [0.717, 1.165) is 18.2 Å². The molecular formula is C21H16FNO6. The maximum Gasteiger partial charge on any atom is 0.311 e. The largest absolute Gasteiger partial charge is 0.497 e. The number of carbonyl (C=O) groups is 1. The number of nitro benzene ring substituents is 1. The molecule has 29 heavy (non-hydrogen) atoms. The molecule has 0 amide bonds. The maximum atomic E-state index is 13.3. The molecule has 0 saturated carbocycles. The lowest BCUT2D eigenvalue weighted by Crippen LogP contribution is -1.99. The zero-order valence-corrected chi connectivity index (χ0v) is 15.3. The average Bonchev–Trinajstić information content (AvgIpc) is 3.18. The Hall–Kier alpha value is -3.94. The third kappa shape index (κ3) is 5.07. The van der Waals surface area contributed by atoms with E-state index in [1.165, 1.54) is 12.2 Å². The van der Waals surface area contributed by atoms with Crippen LogP contribution in [0.15, 0.2) is 65.1 Å². The Labute approximate surface area is 165 Å².